The Morgan fingerprint density at radius 3 is 2.80 bits per heavy atom. The molecule has 0 radical (unpaired) electrons. The van der Waals surface area contributed by atoms with Gasteiger partial charge in [0.25, 0.3) is 0 Å². The van der Waals surface area contributed by atoms with Crippen molar-refractivity contribution in [1.82, 2.24) is 10.2 Å². The molecule has 4 nitrogen and oxygen atoms in total. The molecule has 0 saturated carbocycles. The molecule has 4 heteroatoms. The predicted molar refractivity (Wildman–Crippen MR) is 79.3 cm³/mol. The zero-order chi connectivity index (χ0) is 14.4. The monoisotopic (exact) mass is 276 g/mol. The molecule has 1 aliphatic rings. The van der Waals surface area contributed by atoms with Gasteiger partial charge in [0.15, 0.2) is 0 Å². The largest absolute Gasteiger partial charge is 0.469 e. The average Bonchev–Trinajstić information content (AvgIpc) is 2.45. The summed E-state index contributed by atoms with van der Waals surface area (Å²) >= 11 is 0. The maximum absolute atomic E-state index is 11.4. The Morgan fingerprint density at radius 2 is 2.10 bits per heavy atom. The predicted octanol–water partition coefficient (Wildman–Crippen LogP) is 1.66. The first-order valence-corrected chi connectivity index (χ1v) is 7.20. The van der Waals surface area contributed by atoms with Gasteiger partial charge in [-0.15, -0.1) is 0 Å². The van der Waals surface area contributed by atoms with E-state index in [9.17, 15) is 4.79 Å². The van der Waals surface area contributed by atoms with Gasteiger partial charge >= 0.3 is 5.97 Å². The lowest BCUT2D eigenvalue weighted by atomic mass is 9.91. The molecule has 1 N–H and O–H groups in total. The maximum Gasteiger partial charge on any atom is 0.305 e. The van der Waals surface area contributed by atoms with E-state index in [2.05, 4.69) is 41.5 Å². The summed E-state index contributed by atoms with van der Waals surface area (Å²) in [7, 11) is 3.57. The summed E-state index contributed by atoms with van der Waals surface area (Å²) in [5, 5.41) is 3.60. The van der Waals surface area contributed by atoms with E-state index in [1.54, 1.807) is 0 Å². The van der Waals surface area contributed by atoms with E-state index in [0.29, 0.717) is 18.4 Å². The van der Waals surface area contributed by atoms with Crippen LogP contribution in [-0.2, 0) is 16.1 Å². The molecule has 2 unspecified atom stereocenters. The Kier molecular flexibility index (Phi) is 5.56. The molecule has 1 aromatic carbocycles. The normalized spacial score (nSPS) is 23.5. The fourth-order valence-corrected chi connectivity index (χ4v) is 2.92. The molecule has 0 aromatic heterocycles. The SMILES string of the molecule is COC(=O)CC1CC(NCc2ccccc2)CN(C)C1. The summed E-state index contributed by atoms with van der Waals surface area (Å²) < 4.78 is 4.77. The van der Waals surface area contributed by atoms with E-state index in [1.165, 1.54) is 12.7 Å². The van der Waals surface area contributed by atoms with Gasteiger partial charge < -0.3 is 15.0 Å². The molecule has 20 heavy (non-hydrogen) atoms. The van der Waals surface area contributed by atoms with Crippen LogP contribution in [0.5, 0.6) is 0 Å². The number of likely N-dealkylation sites (N-methyl/N-ethyl adjacent to an activating group) is 1. The van der Waals surface area contributed by atoms with Crippen LogP contribution in [0.15, 0.2) is 30.3 Å². The molecule has 1 saturated heterocycles. The number of hydrogen-bond acceptors (Lipinski definition) is 4. The molecule has 2 atom stereocenters. The molecule has 1 heterocycles. The van der Waals surface area contributed by atoms with Crippen LogP contribution < -0.4 is 5.32 Å². The van der Waals surface area contributed by atoms with Crippen LogP contribution in [-0.4, -0.2) is 44.2 Å². The molecule has 1 aliphatic heterocycles. The summed E-state index contributed by atoms with van der Waals surface area (Å²) in [6, 6.07) is 10.8. The van der Waals surface area contributed by atoms with E-state index in [1.807, 2.05) is 6.07 Å². The highest BCUT2D eigenvalue weighted by Crippen LogP contribution is 2.19. The first-order chi connectivity index (χ1) is 9.67. The van der Waals surface area contributed by atoms with Crippen LogP contribution in [0.1, 0.15) is 18.4 Å². The average molecular weight is 276 g/mol. The Labute approximate surface area is 121 Å². The highest BCUT2D eigenvalue weighted by molar-refractivity contribution is 5.69. The van der Waals surface area contributed by atoms with E-state index < -0.39 is 0 Å². The van der Waals surface area contributed by atoms with Crippen LogP contribution in [0.2, 0.25) is 0 Å². The number of esters is 1. The van der Waals surface area contributed by atoms with E-state index >= 15 is 0 Å². The highest BCUT2D eigenvalue weighted by Gasteiger charge is 2.26. The van der Waals surface area contributed by atoms with Gasteiger partial charge in [-0.2, -0.15) is 0 Å². The number of ether oxygens (including phenoxy) is 1. The maximum atomic E-state index is 11.4. The van der Waals surface area contributed by atoms with Gasteiger partial charge in [0, 0.05) is 32.1 Å². The van der Waals surface area contributed by atoms with Crippen LogP contribution in [0.25, 0.3) is 0 Å². The van der Waals surface area contributed by atoms with Crippen LogP contribution >= 0.6 is 0 Å². The molecule has 1 aromatic rings. The zero-order valence-corrected chi connectivity index (χ0v) is 12.3. The summed E-state index contributed by atoms with van der Waals surface area (Å²) in [5.74, 6) is 0.279. The van der Waals surface area contributed by atoms with Gasteiger partial charge in [0.2, 0.25) is 0 Å². The number of likely N-dealkylation sites (tertiary alicyclic amines) is 1. The molecule has 1 fully saturated rings. The topological polar surface area (TPSA) is 41.6 Å². The smallest absolute Gasteiger partial charge is 0.305 e. The van der Waals surface area contributed by atoms with Crippen LogP contribution in [0, 0.1) is 5.92 Å². The third kappa shape index (κ3) is 4.62. The van der Waals surface area contributed by atoms with Crippen molar-refractivity contribution in [2.24, 2.45) is 5.92 Å². The van der Waals surface area contributed by atoms with E-state index in [-0.39, 0.29) is 5.97 Å². The van der Waals surface area contributed by atoms with Crippen molar-refractivity contribution in [2.75, 3.05) is 27.2 Å². The third-order valence-electron chi connectivity index (χ3n) is 3.84. The summed E-state index contributed by atoms with van der Waals surface area (Å²) in [4.78, 5) is 13.7. The Bertz CT molecular complexity index is 422. The second kappa shape index (κ2) is 7.41. The number of rotatable bonds is 5. The van der Waals surface area contributed by atoms with Crippen LogP contribution in [0.4, 0.5) is 0 Å². The van der Waals surface area contributed by atoms with E-state index in [0.717, 1.165) is 26.1 Å². The third-order valence-corrected chi connectivity index (χ3v) is 3.84. The Morgan fingerprint density at radius 1 is 1.35 bits per heavy atom. The van der Waals surface area contributed by atoms with Crippen molar-refractivity contribution in [1.29, 1.82) is 0 Å². The van der Waals surface area contributed by atoms with Crippen molar-refractivity contribution < 1.29 is 9.53 Å². The van der Waals surface area contributed by atoms with Crippen molar-refractivity contribution in [3.63, 3.8) is 0 Å². The minimum atomic E-state index is -0.105. The summed E-state index contributed by atoms with van der Waals surface area (Å²) in [5.41, 5.74) is 1.30. The quantitative estimate of drug-likeness (QED) is 0.831. The number of methoxy groups -OCH3 is 1. The second-order valence-corrected chi connectivity index (χ2v) is 5.67. The number of piperidine rings is 1. The van der Waals surface area contributed by atoms with Gasteiger partial charge in [0.05, 0.1) is 7.11 Å². The number of hydrogen-bond donors (Lipinski definition) is 1. The zero-order valence-electron chi connectivity index (χ0n) is 12.3. The summed E-state index contributed by atoms with van der Waals surface area (Å²) in [6.45, 7) is 2.88. The van der Waals surface area contributed by atoms with Gasteiger partial charge in [-0.1, -0.05) is 30.3 Å². The molecule has 2 rings (SSSR count). The molecule has 0 spiro atoms. The molecular weight excluding hydrogens is 252 g/mol. The lowest BCUT2D eigenvalue weighted by Gasteiger charge is -2.35. The molecule has 110 valence electrons. The van der Waals surface area contributed by atoms with Crippen molar-refractivity contribution in [3.8, 4) is 0 Å². The highest BCUT2D eigenvalue weighted by atomic mass is 16.5. The number of nitrogens with one attached hydrogen (secondary N) is 1. The molecule has 0 aliphatic carbocycles. The minimum Gasteiger partial charge on any atom is -0.469 e. The fraction of sp³-hybridized carbons (Fsp3) is 0.562. The fourth-order valence-electron chi connectivity index (χ4n) is 2.92. The second-order valence-electron chi connectivity index (χ2n) is 5.67. The standard InChI is InChI=1S/C16H24N2O2/c1-18-11-14(9-16(19)20-2)8-15(12-18)17-10-13-6-4-3-5-7-13/h3-7,14-15,17H,8-12H2,1-2H3. The van der Waals surface area contributed by atoms with Gasteiger partial charge in [-0.3, -0.25) is 4.79 Å². The first-order valence-electron chi connectivity index (χ1n) is 7.20. The van der Waals surface area contributed by atoms with Gasteiger partial charge in [0.1, 0.15) is 0 Å². The van der Waals surface area contributed by atoms with Gasteiger partial charge in [-0.25, -0.2) is 0 Å². The number of benzene rings is 1. The molecule has 0 amide bonds. The lowest BCUT2D eigenvalue weighted by Crippen LogP contribution is -2.47. The lowest BCUT2D eigenvalue weighted by molar-refractivity contribution is -0.142. The van der Waals surface area contributed by atoms with Crippen molar-refractivity contribution in [2.45, 2.75) is 25.4 Å². The number of carbonyl (C=O) groups is 1. The summed E-state index contributed by atoms with van der Waals surface area (Å²) in [6.07, 6.45) is 1.55. The first kappa shape index (κ1) is 15.0. The number of carbonyl (C=O) groups excluding carboxylic acids is 1. The molecule has 0 bridgehead atoms. The minimum absolute atomic E-state index is 0.105. The molecular formula is C16H24N2O2. The Hall–Kier alpha value is -1.39. The Balaban J connectivity index is 1.83. The van der Waals surface area contributed by atoms with Crippen LogP contribution in [0.3, 0.4) is 0 Å². The number of nitrogens with zero attached hydrogens (tertiary/aromatic N) is 1. The van der Waals surface area contributed by atoms with Gasteiger partial charge in [-0.05, 0) is 24.9 Å². The van der Waals surface area contributed by atoms with Crippen molar-refractivity contribution >= 4 is 5.97 Å². The van der Waals surface area contributed by atoms with E-state index in [4.69, 9.17) is 4.74 Å². The van der Waals surface area contributed by atoms with Crippen molar-refractivity contribution in [3.05, 3.63) is 35.9 Å².